The molecule has 0 radical (unpaired) electrons. The molecule has 25 heavy (non-hydrogen) atoms. The molecule has 0 spiro atoms. The molecular formula is C21H29FO3. The first kappa shape index (κ1) is 17.4. The smallest absolute Gasteiger partial charge is 0.161 e. The highest BCUT2D eigenvalue weighted by Gasteiger charge is 2.61. The number of fused-ring (bicyclic) bond motifs is 5. The van der Waals surface area contributed by atoms with Gasteiger partial charge in [0.15, 0.2) is 11.6 Å². The Kier molecular flexibility index (Phi) is 3.99. The van der Waals surface area contributed by atoms with Crippen LogP contribution in [0.25, 0.3) is 0 Å². The van der Waals surface area contributed by atoms with Crippen molar-refractivity contribution in [2.24, 2.45) is 34.5 Å². The molecule has 1 N–H and O–H groups in total. The molecule has 0 aromatic rings. The molecule has 3 saturated carbocycles. The van der Waals surface area contributed by atoms with Crippen LogP contribution in [0.3, 0.4) is 0 Å². The van der Waals surface area contributed by atoms with Gasteiger partial charge in [0.1, 0.15) is 12.8 Å². The van der Waals surface area contributed by atoms with E-state index in [-0.39, 0.29) is 34.9 Å². The minimum absolute atomic E-state index is 0.0360. The highest BCUT2D eigenvalue weighted by atomic mass is 19.1. The molecule has 0 aromatic heterocycles. The first-order valence-electron chi connectivity index (χ1n) is 9.84. The number of rotatable bonds is 2. The molecule has 0 bridgehead atoms. The summed E-state index contributed by atoms with van der Waals surface area (Å²) in [6, 6.07) is 0. The normalized spacial score (nSPS) is 49.0. The number of halogens is 1. The standard InChI is InChI=1S/C21H29FO3/c1-20-8-6-15-13(14(20)3-4-16(20)19(25)11-23)10-18(22)17-9-12(24)5-7-21(15,17)2/h9,13-16,18,23H,3-8,10-11H2,1-2H3/t13-,14-,15-,16+,18+,20-,21+/m0/s1. The van der Waals surface area contributed by atoms with Crippen LogP contribution in [0.5, 0.6) is 0 Å². The number of hydrogen-bond acceptors (Lipinski definition) is 3. The second kappa shape index (κ2) is 5.73. The molecule has 0 heterocycles. The first-order chi connectivity index (χ1) is 11.8. The van der Waals surface area contributed by atoms with Crippen molar-refractivity contribution in [2.75, 3.05) is 6.61 Å². The Bertz CT molecular complexity index is 641. The van der Waals surface area contributed by atoms with E-state index in [9.17, 15) is 14.7 Å². The van der Waals surface area contributed by atoms with Crippen LogP contribution in [-0.4, -0.2) is 29.5 Å². The molecule has 0 aliphatic heterocycles. The van der Waals surface area contributed by atoms with Gasteiger partial charge in [-0.05, 0) is 78.8 Å². The van der Waals surface area contributed by atoms with Gasteiger partial charge in [-0.25, -0.2) is 4.39 Å². The molecule has 3 nitrogen and oxygen atoms in total. The molecule has 0 unspecified atom stereocenters. The Morgan fingerprint density at radius 2 is 2.00 bits per heavy atom. The topological polar surface area (TPSA) is 54.4 Å². The molecule has 4 aliphatic rings. The molecule has 3 fully saturated rings. The lowest BCUT2D eigenvalue weighted by Gasteiger charge is -2.58. The maximum atomic E-state index is 15.1. The van der Waals surface area contributed by atoms with E-state index < -0.39 is 6.17 Å². The predicted octanol–water partition coefficient (Wildman–Crippen LogP) is 3.64. The number of carbonyl (C=O) groups excluding carboxylic acids is 2. The van der Waals surface area contributed by atoms with Gasteiger partial charge < -0.3 is 5.11 Å². The van der Waals surface area contributed by atoms with E-state index in [2.05, 4.69) is 13.8 Å². The van der Waals surface area contributed by atoms with Crippen LogP contribution >= 0.6 is 0 Å². The van der Waals surface area contributed by atoms with Crippen LogP contribution in [-0.2, 0) is 9.59 Å². The largest absolute Gasteiger partial charge is 0.389 e. The van der Waals surface area contributed by atoms with Crippen molar-refractivity contribution in [1.82, 2.24) is 0 Å². The lowest BCUT2D eigenvalue weighted by Crippen LogP contribution is -2.53. The highest BCUT2D eigenvalue weighted by molar-refractivity contribution is 5.92. The van der Waals surface area contributed by atoms with Crippen LogP contribution in [0.4, 0.5) is 4.39 Å². The summed E-state index contributed by atoms with van der Waals surface area (Å²) in [6.07, 6.45) is 6.15. The van der Waals surface area contributed by atoms with Gasteiger partial charge in [-0.3, -0.25) is 9.59 Å². The Hall–Kier alpha value is -1.03. The average molecular weight is 348 g/mol. The van der Waals surface area contributed by atoms with E-state index in [1.54, 1.807) is 6.08 Å². The molecule has 7 atom stereocenters. The van der Waals surface area contributed by atoms with Crippen LogP contribution in [0.15, 0.2) is 11.6 Å². The number of alkyl halides is 1. The zero-order valence-corrected chi connectivity index (χ0v) is 15.3. The SMILES string of the molecule is C[C@]12CC[C@H]3[C@@H](C[C@@H](F)C4=CC(=O)CC[C@@]43C)[C@@H]1CC[C@@H]2C(=O)CO. The van der Waals surface area contributed by atoms with E-state index in [4.69, 9.17) is 0 Å². The second-order valence-electron chi connectivity index (χ2n) is 9.36. The van der Waals surface area contributed by atoms with Gasteiger partial charge in [0.05, 0.1) is 0 Å². The minimum Gasteiger partial charge on any atom is -0.389 e. The van der Waals surface area contributed by atoms with Gasteiger partial charge in [-0.15, -0.1) is 0 Å². The maximum absolute atomic E-state index is 15.1. The van der Waals surface area contributed by atoms with Crippen molar-refractivity contribution in [1.29, 1.82) is 0 Å². The van der Waals surface area contributed by atoms with Crippen LogP contribution in [0, 0.1) is 34.5 Å². The minimum atomic E-state index is -1.02. The zero-order chi connectivity index (χ0) is 18.0. The van der Waals surface area contributed by atoms with Crippen LogP contribution in [0.1, 0.15) is 58.8 Å². The lowest BCUT2D eigenvalue weighted by molar-refractivity contribution is -0.134. The fourth-order valence-electron chi connectivity index (χ4n) is 7.20. The monoisotopic (exact) mass is 348 g/mol. The van der Waals surface area contributed by atoms with Gasteiger partial charge in [0.2, 0.25) is 0 Å². The van der Waals surface area contributed by atoms with E-state index in [0.717, 1.165) is 37.7 Å². The molecule has 0 saturated heterocycles. The lowest BCUT2D eigenvalue weighted by atomic mass is 9.46. The molecule has 0 aromatic carbocycles. The van der Waals surface area contributed by atoms with Crippen LogP contribution in [0.2, 0.25) is 0 Å². The molecule has 4 heteroatoms. The number of allylic oxidation sites excluding steroid dienone is 1. The Morgan fingerprint density at radius 1 is 1.24 bits per heavy atom. The number of ketones is 2. The summed E-state index contributed by atoms with van der Waals surface area (Å²) in [5, 5.41) is 9.35. The summed E-state index contributed by atoms with van der Waals surface area (Å²) in [4.78, 5) is 24.1. The Labute approximate surface area is 149 Å². The molecule has 4 rings (SSSR count). The summed E-state index contributed by atoms with van der Waals surface area (Å²) in [5.74, 6) is 1.04. The zero-order valence-electron chi connectivity index (χ0n) is 15.3. The van der Waals surface area contributed by atoms with Gasteiger partial charge in [-0.2, -0.15) is 0 Å². The fourth-order valence-corrected chi connectivity index (χ4v) is 7.20. The summed E-state index contributed by atoms with van der Waals surface area (Å²) in [6.45, 7) is 3.99. The third-order valence-corrected chi connectivity index (χ3v) is 8.48. The van der Waals surface area contributed by atoms with Crippen molar-refractivity contribution in [2.45, 2.75) is 65.0 Å². The Balaban J connectivity index is 1.68. The summed E-state index contributed by atoms with van der Waals surface area (Å²) < 4.78 is 15.1. The number of aliphatic hydroxyl groups excluding tert-OH is 1. The molecule has 4 aliphatic carbocycles. The van der Waals surface area contributed by atoms with E-state index in [1.807, 2.05) is 0 Å². The third kappa shape index (κ3) is 2.32. The fraction of sp³-hybridized carbons (Fsp3) is 0.810. The highest BCUT2D eigenvalue weighted by Crippen LogP contribution is 2.66. The van der Waals surface area contributed by atoms with E-state index >= 15 is 4.39 Å². The van der Waals surface area contributed by atoms with Crippen LogP contribution < -0.4 is 0 Å². The first-order valence-corrected chi connectivity index (χ1v) is 9.84. The predicted molar refractivity (Wildman–Crippen MR) is 92.6 cm³/mol. The van der Waals surface area contributed by atoms with Gasteiger partial charge in [-0.1, -0.05) is 13.8 Å². The number of carbonyl (C=O) groups is 2. The van der Waals surface area contributed by atoms with Gasteiger partial charge in [0.25, 0.3) is 0 Å². The van der Waals surface area contributed by atoms with Crippen molar-refractivity contribution in [3.8, 4) is 0 Å². The number of Topliss-reactive ketones (excluding diaryl/α,β-unsaturated/α-hetero) is 1. The van der Waals surface area contributed by atoms with E-state index in [1.165, 1.54) is 0 Å². The van der Waals surface area contributed by atoms with Crippen molar-refractivity contribution >= 4 is 11.6 Å². The van der Waals surface area contributed by atoms with Crippen molar-refractivity contribution in [3.63, 3.8) is 0 Å². The second-order valence-corrected chi connectivity index (χ2v) is 9.36. The molecule has 0 amide bonds. The quantitative estimate of drug-likeness (QED) is 0.829. The van der Waals surface area contributed by atoms with E-state index in [0.29, 0.717) is 30.6 Å². The van der Waals surface area contributed by atoms with Crippen molar-refractivity contribution in [3.05, 3.63) is 11.6 Å². The van der Waals surface area contributed by atoms with Gasteiger partial charge >= 0.3 is 0 Å². The number of aliphatic hydroxyl groups is 1. The summed E-state index contributed by atoms with van der Waals surface area (Å²) in [7, 11) is 0. The summed E-state index contributed by atoms with van der Waals surface area (Å²) in [5.41, 5.74) is 0.453. The maximum Gasteiger partial charge on any atom is 0.161 e. The Morgan fingerprint density at radius 3 is 2.72 bits per heavy atom. The average Bonchev–Trinajstić information content (AvgIpc) is 2.93. The van der Waals surface area contributed by atoms with Crippen molar-refractivity contribution < 1.29 is 19.1 Å². The van der Waals surface area contributed by atoms with Gasteiger partial charge in [0, 0.05) is 12.3 Å². The number of hydrogen-bond donors (Lipinski definition) is 1. The molecule has 138 valence electrons. The summed E-state index contributed by atoms with van der Waals surface area (Å²) >= 11 is 0. The molecular weight excluding hydrogens is 319 g/mol. The third-order valence-electron chi connectivity index (χ3n) is 8.48.